The van der Waals surface area contributed by atoms with Crippen molar-refractivity contribution < 1.29 is 9.90 Å². The van der Waals surface area contributed by atoms with Gasteiger partial charge in [-0.25, -0.2) is 4.79 Å². The standard InChI is InChI=1S/C12H17N3O2/c13-10-3-1-9(2-4-10)12(5-6-12)15-11(17)14-7-8-16/h1-4,16H,5-8,13H2,(H2,14,15,17). The fourth-order valence-electron chi connectivity index (χ4n) is 1.84. The van der Waals surface area contributed by atoms with Crippen LogP contribution in [0.25, 0.3) is 0 Å². The number of aliphatic hydroxyl groups is 1. The molecule has 2 amide bonds. The average molecular weight is 235 g/mol. The molecule has 0 unspecified atom stereocenters. The number of anilines is 1. The molecule has 1 saturated carbocycles. The van der Waals surface area contributed by atoms with E-state index in [0.29, 0.717) is 5.69 Å². The summed E-state index contributed by atoms with van der Waals surface area (Å²) in [5.41, 5.74) is 7.18. The summed E-state index contributed by atoms with van der Waals surface area (Å²) in [5, 5.41) is 14.1. The minimum Gasteiger partial charge on any atom is -0.399 e. The highest BCUT2D eigenvalue weighted by molar-refractivity contribution is 5.75. The lowest BCUT2D eigenvalue weighted by Gasteiger charge is -2.18. The minimum absolute atomic E-state index is 0.0533. The van der Waals surface area contributed by atoms with Crippen LogP contribution < -0.4 is 16.4 Å². The summed E-state index contributed by atoms with van der Waals surface area (Å²) in [7, 11) is 0. The zero-order chi connectivity index (χ0) is 12.3. The third-order valence-electron chi connectivity index (χ3n) is 2.96. The molecule has 0 bridgehead atoms. The van der Waals surface area contributed by atoms with E-state index in [-0.39, 0.29) is 24.7 Å². The Morgan fingerprint density at radius 2 is 2.00 bits per heavy atom. The maximum Gasteiger partial charge on any atom is 0.315 e. The molecule has 0 atom stereocenters. The minimum atomic E-state index is -0.243. The summed E-state index contributed by atoms with van der Waals surface area (Å²) >= 11 is 0. The van der Waals surface area contributed by atoms with Crippen LogP contribution in [0, 0.1) is 0 Å². The third kappa shape index (κ3) is 2.68. The normalized spacial score (nSPS) is 16.3. The molecule has 17 heavy (non-hydrogen) atoms. The largest absolute Gasteiger partial charge is 0.399 e. The molecular weight excluding hydrogens is 218 g/mol. The van der Waals surface area contributed by atoms with Crippen LogP contribution in [0.2, 0.25) is 0 Å². The van der Waals surface area contributed by atoms with Gasteiger partial charge in [-0.3, -0.25) is 0 Å². The quantitative estimate of drug-likeness (QED) is 0.575. The van der Waals surface area contributed by atoms with Crippen LogP contribution in [-0.2, 0) is 5.54 Å². The molecular formula is C12H17N3O2. The maximum absolute atomic E-state index is 11.5. The first-order chi connectivity index (χ1) is 8.16. The summed E-state index contributed by atoms with van der Waals surface area (Å²) in [6.07, 6.45) is 1.87. The average Bonchev–Trinajstić information content (AvgIpc) is 3.08. The molecule has 0 heterocycles. The van der Waals surface area contributed by atoms with E-state index < -0.39 is 0 Å². The number of rotatable bonds is 4. The Morgan fingerprint density at radius 1 is 1.35 bits per heavy atom. The Balaban J connectivity index is 2.00. The second kappa shape index (κ2) is 4.63. The molecule has 5 heteroatoms. The van der Waals surface area contributed by atoms with E-state index in [1.165, 1.54) is 0 Å². The van der Waals surface area contributed by atoms with E-state index >= 15 is 0 Å². The van der Waals surface area contributed by atoms with Crippen LogP contribution in [0.15, 0.2) is 24.3 Å². The highest BCUT2D eigenvalue weighted by Crippen LogP contribution is 2.45. The predicted molar refractivity (Wildman–Crippen MR) is 65.4 cm³/mol. The van der Waals surface area contributed by atoms with Crippen molar-refractivity contribution in [2.45, 2.75) is 18.4 Å². The summed E-state index contributed by atoms with van der Waals surface area (Å²) < 4.78 is 0. The van der Waals surface area contributed by atoms with Crippen LogP contribution in [0.4, 0.5) is 10.5 Å². The fraction of sp³-hybridized carbons (Fsp3) is 0.417. The Kier molecular flexibility index (Phi) is 3.19. The van der Waals surface area contributed by atoms with E-state index in [1.807, 2.05) is 24.3 Å². The van der Waals surface area contributed by atoms with Gasteiger partial charge in [0.2, 0.25) is 0 Å². The molecule has 1 aliphatic carbocycles. The zero-order valence-corrected chi connectivity index (χ0v) is 9.57. The summed E-state index contributed by atoms with van der Waals surface area (Å²) in [4.78, 5) is 11.5. The highest BCUT2D eigenvalue weighted by atomic mass is 16.3. The van der Waals surface area contributed by atoms with Crippen molar-refractivity contribution in [3.63, 3.8) is 0 Å². The first kappa shape index (κ1) is 11.7. The van der Waals surface area contributed by atoms with E-state index in [2.05, 4.69) is 10.6 Å². The number of urea groups is 1. The first-order valence-electron chi connectivity index (χ1n) is 5.69. The lowest BCUT2D eigenvalue weighted by molar-refractivity contribution is 0.229. The van der Waals surface area contributed by atoms with Gasteiger partial charge in [0.05, 0.1) is 12.1 Å². The molecule has 1 fully saturated rings. The predicted octanol–water partition coefficient (Wildman–Crippen LogP) is 0.549. The molecule has 0 spiro atoms. The lowest BCUT2D eigenvalue weighted by Crippen LogP contribution is -2.43. The highest BCUT2D eigenvalue weighted by Gasteiger charge is 2.45. The van der Waals surface area contributed by atoms with Gasteiger partial charge in [-0.1, -0.05) is 12.1 Å². The number of nitrogens with two attached hydrogens (primary N) is 1. The Labute approximate surface area is 100 Å². The van der Waals surface area contributed by atoms with Crippen LogP contribution in [0.1, 0.15) is 18.4 Å². The van der Waals surface area contributed by atoms with Gasteiger partial charge in [-0.05, 0) is 30.5 Å². The van der Waals surface area contributed by atoms with Crippen molar-refractivity contribution in [3.8, 4) is 0 Å². The van der Waals surface area contributed by atoms with E-state index in [4.69, 9.17) is 10.8 Å². The number of benzene rings is 1. The topological polar surface area (TPSA) is 87.4 Å². The summed E-state index contributed by atoms with van der Waals surface area (Å²) in [6.45, 7) is 0.214. The number of hydrogen-bond donors (Lipinski definition) is 4. The van der Waals surface area contributed by atoms with Gasteiger partial charge in [0, 0.05) is 12.2 Å². The monoisotopic (exact) mass is 235 g/mol. The number of amides is 2. The summed E-state index contributed by atoms with van der Waals surface area (Å²) in [6, 6.07) is 7.31. The molecule has 5 N–H and O–H groups in total. The van der Waals surface area contributed by atoms with Gasteiger partial charge in [0.1, 0.15) is 0 Å². The van der Waals surface area contributed by atoms with Crippen LogP contribution >= 0.6 is 0 Å². The number of nitrogen functional groups attached to an aromatic ring is 1. The first-order valence-corrected chi connectivity index (χ1v) is 5.69. The smallest absolute Gasteiger partial charge is 0.315 e. The van der Waals surface area contributed by atoms with Crippen molar-refractivity contribution in [1.29, 1.82) is 0 Å². The SMILES string of the molecule is Nc1ccc(C2(NC(=O)NCCO)CC2)cc1. The Morgan fingerprint density at radius 3 is 2.53 bits per heavy atom. The van der Waals surface area contributed by atoms with Gasteiger partial charge in [0.15, 0.2) is 0 Å². The number of carbonyl (C=O) groups is 1. The van der Waals surface area contributed by atoms with Crippen LogP contribution in [0.5, 0.6) is 0 Å². The third-order valence-corrected chi connectivity index (χ3v) is 2.96. The molecule has 0 aromatic heterocycles. The van der Waals surface area contributed by atoms with Crippen LogP contribution in [-0.4, -0.2) is 24.3 Å². The second-order valence-corrected chi connectivity index (χ2v) is 4.31. The molecule has 1 aromatic rings. The Bertz CT molecular complexity index is 399. The number of hydrogen-bond acceptors (Lipinski definition) is 3. The van der Waals surface area contributed by atoms with Gasteiger partial charge in [-0.15, -0.1) is 0 Å². The number of aliphatic hydroxyl groups excluding tert-OH is 1. The van der Waals surface area contributed by atoms with Gasteiger partial charge >= 0.3 is 6.03 Å². The summed E-state index contributed by atoms with van der Waals surface area (Å²) in [5.74, 6) is 0. The van der Waals surface area contributed by atoms with Gasteiger partial charge in [-0.2, -0.15) is 0 Å². The zero-order valence-electron chi connectivity index (χ0n) is 9.57. The van der Waals surface area contributed by atoms with E-state index in [1.54, 1.807) is 0 Å². The van der Waals surface area contributed by atoms with Crippen molar-refractivity contribution >= 4 is 11.7 Å². The molecule has 92 valence electrons. The molecule has 0 saturated heterocycles. The lowest BCUT2D eigenvalue weighted by atomic mass is 10.0. The second-order valence-electron chi connectivity index (χ2n) is 4.31. The van der Waals surface area contributed by atoms with Crippen molar-refractivity contribution in [1.82, 2.24) is 10.6 Å². The van der Waals surface area contributed by atoms with Crippen molar-refractivity contribution in [3.05, 3.63) is 29.8 Å². The molecule has 5 nitrogen and oxygen atoms in total. The number of carbonyl (C=O) groups excluding carboxylic acids is 1. The number of nitrogens with one attached hydrogen (secondary N) is 2. The van der Waals surface area contributed by atoms with Gasteiger partial charge < -0.3 is 21.5 Å². The van der Waals surface area contributed by atoms with Crippen molar-refractivity contribution in [2.24, 2.45) is 0 Å². The van der Waals surface area contributed by atoms with E-state index in [0.717, 1.165) is 18.4 Å². The van der Waals surface area contributed by atoms with E-state index in [9.17, 15) is 4.79 Å². The molecule has 0 aliphatic heterocycles. The Hall–Kier alpha value is -1.75. The van der Waals surface area contributed by atoms with Crippen molar-refractivity contribution in [2.75, 3.05) is 18.9 Å². The molecule has 2 rings (SSSR count). The van der Waals surface area contributed by atoms with Gasteiger partial charge in [0.25, 0.3) is 0 Å². The fourth-order valence-corrected chi connectivity index (χ4v) is 1.84. The molecule has 0 radical (unpaired) electrons. The molecule has 1 aromatic carbocycles. The van der Waals surface area contributed by atoms with Crippen LogP contribution in [0.3, 0.4) is 0 Å². The maximum atomic E-state index is 11.5. The molecule has 1 aliphatic rings.